The lowest BCUT2D eigenvalue weighted by Crippen LogP contribution is -2.40. The van der Waals surface area contributed by atoms with Crippen LogP contribution in [-0.4, -0.2) is 32.3 Å². The lowest BCUT2D eigenvalue weighted by Gasteiger charge is -2.35. The number of ether oxygens (including phenoxy) is 2. The van der Waals surface area contributed by atoms with Gasteiger partial charge in [0.25, 0.3) is 0 Å². The minimum Gasteiger partial charge on any atom is -0.465 e. The molecule has 0 atom stereocenters. The highest BCUT2D eigenvalue weighted by molar-refractivity contribution is 6.31. The highest BCUT2D eigenvalue weighted by Crippen LogP contribution is 2.29. The van der Waals surface area contributed by atoms with E-state index in [-0.39, 0.29) is 5.97 Å². The average Bonchev–Trinajstić information content (AvgIpc) is 2.33. The first-order valence-electron chi connectivity index (χ1n) is 5.81. The number of nitrogens with one attached hydrogen (secondary N) is 1. The molecule has 0 heterocycles. The number of carbonyl (C=O) groups excluding carboxylic acids is 1. The SMILES string of the molecule is COC(=O)c1cc(Cl)ccc1NC1CC(OC)C1. The van der Waals surface area contributed by atoms with Gasteiger partial charge in [0, 0.05) is 23.9 Å². The average molecular weight is 270 g/mol. The Morgan fingerprint density at radius 1 is 1.39 bits per heavy atom. The zero-order chi connectivity index (χ0) is 13.1. The molecule has 4 nitrogen and oxygen atoms in total. The monoisotopic (exact) mass is 269 g/mol. The summed E-state index contributed by atoms with van der Waals surface area (Å²) in [7, 11) is 3.07. The van der Waals surface area contributed by atoms with Crippen molar-refractivity contribution in [2.24, 2.45) is 0 Å². The Morgan fingerprint density at radius 3 is 2.72 bits per heavy atom. The van der Waals surface area contributed by atoms with E-state index in [1.165, 1.54) is 7.11 Å². The minimum atomic E-state index is -0.386. The number of esters is 1. The first-order valence-corrected chi connectivity index (χ1v) is 6.19. The second kappa shape index (κ2) is 5.59. The third-order valence-electron chi connectivity index (χ3n) is 3.17. The molecule has 1 aromatic rings. The Labute approximate surface area is 111 Å². The summed E-state index contributed by atoms with van der Waals surface area (Å²) in [5.41, 5.74) is 1.22. The molecule has 5 heteroatoms. The lowest BCUT2D eigenvalue weighted by molar-refractivity contribution is 0.0328. The normalized spacial score (nSPS) is 22.2. The van der Waals surface area contributed by atoms with Gasteiger partial charge in [-0.3, -0.25) is 0 Å². The smallest absolute Gasteiger partial charge is 0.340 e. The number of halogens is 1. The molecule has 0 spiro atoms. The molecule has 18 heavy (non-hydrogen) atoms. The summed E-state index contributed by atoms with van der Waals surface area (Å²) < 4.78 is 9.96. The summed E-state index contributed by atoms with van der Waals surface area (Å²) in [6.45, 7) is 0. The van der Waals surface area contributed by atoms with Crippen molar-refractivity contribution in [2.75, 3.05) is 19.5 Å². The van der Waals surface area contributed by atoms with E-state index in [2.05, 4.69) is 5.32 Å². The van der Waals surface area contributed by atoms with Crippen LogP contribution < -0.4 is 5.32 Å². The quantitative estimate of drug-likeness (QED) is 0.854. The molecule has 2 rings (SSSR count). The minimum absolute atomic E-state index is 0.316. The number of methoxy groups -OCH3 is 2. The van der Waals surface area contributed by atoms with Gasteiger partial charge in [0.2, 0.25) is 0 Å². The fourth-order valence-electron chi connectivity index (χ4n) is 2.02. The molecule has 1 N–H and O–H groups in total. The molecular formula is C13H16ClNO3. The summed E-state index contributed by atoms with van der Waals surface area (Å²) >= 11 is 5.89. The molecule has 1 aliphatic rings. The number of benzene rings is 1. The molecule has 1 aliphatic carbocycles. The van der Waals surface area contributed by atoms with Crippen molar-refractivity contribution < 1.29 is 14.3 Å². The summed E-state index contributed by atoms with van der Waals surface area (Å²) in [5.74, 6) is -0.386. The first kappa shape index (κ1) is 13.2. The van der Waals surface area contributed by atoms with Gasteiger partial charge in [0.05, 0.1) is 18.8 Å². The van der Waals surface area contributed by atoms with Crippen molar-refractivity contribution in [3.63, 3.8) is 0 Å². The number of hydrogen-bond acceptors (Lipinski definition) is 4. The molecule has 1 aromatic carbocycles. The number of anilines is 1. The predicted octanol–water partition coefficient (Wildman–Crippen LogP) is 2.72. The standard InChI is InChI=1S/C13H16ClNO3/c1-17-10-6-9(7-10)15-12-4-3-8(14)5-11(12)13(16)18-2/h3-5,9-10,15H,6-7H2,1-2H3. The molecule has 0 amide bonds. The van der Waals surface area contributed by atoms with E-state index in [1.54, 1.807) is 25.3 Å². The number of carbonyl (C=O) groups is 1. The summed E-state index contributed by atoms with van der Waals surface area (Å²) in [6.07, 6.45) is 2.20. The molecule has 0 bridgehead atoms. The van der Waals surface area contributed by atoms with E-state index < -0.39 is 0 Å². The topological polar surface area (TPSA) is 47.6 Å². The van der Waals surface area contributed by atoms with Crippen molar-refractivity contribution in [1.29, 1.82) is 0 Å². The van der Waals surface area contributed by atoms with Crippen LogP contribution in [0.1, 0.15) is 23.2 Å². The molecule has 0 aliphatic heterocycles. The van der Waals surface area contributed by atoms with Crippen molar-refractivity contribution >= 4 is 23.3 Å². The Balaban J connectivity index is 2.10. The van der Waals surface area contributed by atoms with Crippen molar-refractivity contribution in [3.8, 4) is 0 Å². The molecule has 1 saturated carbocycles. The summed E-state index contributed by atoms with van der Waals surface area (Å²) in [4.78, 5) is 11.6. The molecule has 0 unspecified atom stereocenters. The predicted molar refractivity (Wildman–Crippen MR) is 70.2 cm³/mol. The van der Waals surface area contributed by atoms with Gasteiger partial charge >= 0.3 is 5.97 Å². The van der Waals surface area contributed by atoms with Crippen LogP contribution in [0.15, 0.2) is 18.2 Å². The maximum Gasteiger partial charge on any atom is 0.340 e. The van der Waals surface area contributed by atoms with Gasteiger partial charge in [-0.25, -0.2) is 4.79 Å². The second-order valence-corrected chi connectivity index (χ2v) is 4.79. The Bertz CT molecular complexity index is 444. The zero-order valence-electron chi connectivity index (χ0n) is 10.4. The van der Waals surface area contributed by atoms with E-state index >= 15 is 0 Å². The fourth-order valence-corrected chi connectivity index (χ4v) is 2.19. The molecule has 0 aromatic heterocycles. The fraction of sp³-hybridized carbons (Fsp3) is 0.462. The van der Waals surface area contributed by atoms with Gasteiger partial charge in [-0.05, 0) is 31.0 Å². The maximum absolute atomic E-state index is 11.6. The van der Waals surface area contributed by atoms with Crippen LogP contribution in [-0.2, 0) is 9.47 Å². The maximum atomic E-state index is 11.6. The second-order valence-electron chi connectivity index (χ2n) is 4.35. The highest BCUT2D eigenvalue weighted by atomic mass is 35.5. The Morgan fingerprint density at radius 2 is 2.11 bits per heavy atom. The van der Waals surface area contributed by atoms with E-state index in [1.807, 2.05) is 0 Å². The van der Waals surface area contributed by atoms with Crippen molar-refractivity contribution in [1.82, 2.24) is 0 Å². The molecular weight excluding hydrogens is 254 g/mol. The van der Waals surface area contributed by atoms with Gasteiger partial charge < -0.3 is 14.8 Å². The largest absolute Gasteiger partial charge is 0.465 e. The van der Waals surface area contributed by atoms with E-state index in [4.69, 9.17) is 21.1 Å². The van der Waals surface area contributed by atoms with Crippen LogP contribution in [0.25, 0.3) is 0 Å². The van der Waals surface area contributed by atoms with Crippen LogP contribution in [0, 0.1) is 0 Å². The third kappa shape index (κ3) is 2.76. The van der Waals surface area contributed by atoms with Gasteiger partial charge in [-0.1, -0.05) is 11.6 Å². The van der Waals surface area contributed by atoms with Crippen LogP contribution >= 0.6 is 11.6 Å². The summed E-state index contributed by atoms with van der Waals surface area (Å²) in [6, 6.07) is 5.50. The van der Waals surface area contributed by atoms with Gasteiger partial charge in [-0.15, -0.1) is 0 Å². The Hall–Kier alpha value is -1.26. The first-order chi connectivity index (χ1) is 8.63. The van der Waals surface area contributed by atoms with Crippen molar-refractivity contribution in [3.05, 3.63) is 28.8 Å². The number of hydrogen-bond donors (Lipinski definition) is 1. The van der Waals surface area contributed by atoms with E-state index in [0.29, 0.717) is 22.7 Å². The lowest BCUT2D eigenvalue weighted by atomic mass is 9.89. The van der Waals surface area contributed by atoms with Gasteiger partial charge in [0.1, 0.15) is 0 Å². The molecule has 98 valence electrons. The zero-order valence-corrected chi connectivity index (χ0v) is 11.2. The third-order valence-corrected chi connectivity index (χ3v) is 3.41. The van der Waals surface area contributed by atoms with E-state index in [0.717, 1.165) is 18.5 Å². The molecule has 0 saturated heterocycles. The van der Waals surface area contributed by atoms with Crippen LogP contribution in [0.3, 0.4) is 0 Å². The van der Waals surface area contributed by atoms with E-state index in [9.17, 15) is 4.79 Å². The highest BCUT2D eigenvalue weighted by Gasteiger charge is 2.29. The Kier molecular flexibility index (Phi) is 4.09. The van der Waals surface area contributed by atoms with Gasteiger partial charge in [0.15, 0.2) is 0 Å². The van der Waals surface area contributed by atoms with Gasteiger partial charge in [-0.2, -0.15) is 0 Å². The van der Waals surface area contributed by atoms with Crippen LogP contribution in [0.4, 0.5) is 5.69 Å². The molecule has 1 fully saturated rings. The van der Waals surface area contributed by atoms with Crippen molar-refractivity contribution in [2.45, 2.75) is 25.0 Å². The van der Waals surface area contributed by atoms with Crippen LogP contribution in [0.2, 0.25) is 5.02 Å². The van der Waals surface area contributed by atoms with Crippen LogP contribution in [0.5, 0.6) is 0 Å². The molecule has 0 radical (unpaired) electrons. The number of rotatable bonds is 4. The summed E-state index contributed by atoms with van der Waals surface area (Å²) in [5, 5.41) is 3.83.